The van der Waals surface area contributed by atoms with E-state index in [9.17, 15) is 5.11 Å². The average molecular weight is 207 g/mol. The fraction of sp³-hybridized carbons (Fsp3) is 0.545. The summed E-state index contributed by atoms with van der Waals surface area (Å²) in [7, 11) is 0. The summed E-state index contributed by atoms with van der Waals surface area (Å²) in [6, 6.07) is 3.74. The van der Waals surface area contributed by atoms with Crippen molar-refractivity contribution in [3.8, 4) is 0 Å². The molecule has 1 aliphatic rings. The number of hydrogen-bond acceptors (Lipinski definition) is 4. The molecule has 1 saturated heterocycles. The van der Waals surface area contributed by atoms with Crippen LogP contribution in [0.3, 0.4) is 0 Å². The maximum absolute atomic E-state index is 9.97. The zero-order valence-electron chi connectivity index (χ0n) is 8.98. The minimum atomic E-state index is -0.584. The van der Waals surface area contributed by atoms with Gasteiger partial charge >= 0.3 is 0 Å². The largest absolute Gasteiger partial charge is 0.388 e. The molecule has 1 aliphatic heterocycles. The Morgan fingerprint density at radius 3 is 2.93 bits per heavy atom. The van der Waals surface area contributed by atoms with Gasteiger partial charge in [0.05, 0.1) is 17.5 Å². The Labute approximate surface area is 89.7 Å². The van der Waals surface area contributed by atoms with Crippen LogP contribution in [-0.4, -0.2) is 28.8 Å². The van der Waals surface area contributed by atoms with Crippen molar-refractivity contribution in [3.05, 3.63) is 18.3 Å². The van der Waals surface area contributed by atoms with Crippen LogP contribution in [0, 0.1) is 0 Å². The minimum Gasteiger partial charge on any atom is -0.388 e. The van der Waals surface area contributed by atoms with Gasteiger partial charge in [-0.3, -0.25) is 0 Å². The van der Waals surface area contributed by atoms with Crippen LogP contribution in [0.4, 0.5) is 11.5 Å². The average Bonchev–Trinajstić information content (AvgIpc) is 2.17. The standard InChI is InChI=1S/C11H17N3O/c1-11(15)5-2-6-14(8-11)9-3-4-10(12)13-7-9/h3-4,7,15H,2,5-6,8H2,1H3,(H2,12,13). The molecule has 1 aromatic rings. The molecule has 2 heterocycles. The highest BCUT2D eigenvalue weighted by Gasteiger charge is 2.28. The molecule has 0 aromatic carbocycles. The molecule has 0 spiro atoms. The summed E-state index contributed by atoms with van der Waals surface area (Å²) in [4.78, 5) is 6.21. The highest BCUT2D eigenvalue weighted by molar-refractivity contribution is 5.48. The first-order chi connectivity index (χ1) is 7.07. The molecule has 4 heteroatoms. The number of β-amino-alcohol motifs (C(OH)–C–C–N with tert-alkyl or cyclic N) is 1. The van der Waals surface area contributed by atoms with E-state index in [4.69, 9.17) is 5.73 Å². The van der Waals surface area contributed by atoms with Crippen molar-refractivity contribution in [1.29, 1.82) is 0 Å². The Bertz CT molecular complexity index is 334. The number of nitrogens with two attached hydrogens (primary N) is 1. The normalized spacial score (nSPS) is 26.7. The van der Waals surface area contributed by atoms with Crippen molar-refractivity contribution in [1.82, 2.24) is 4.98 Å². The molecular formula is C11H17N3O. The van der Waals surface area contributed by atoms with Crippen molar-refractivity contribution >= 4 is 11.5 Å². The van der Waals surface area contributed by atoms with E-state index >= 15 is 0 Å². The summed E-state index contributed by atoms with van der Waals surface area (Å²) in [6.07, 6.45) is 3.64. The van der Waals surface area contributed by atoms with Crippen LogP contribution in [0.2, 0.25) is 0 Å². The Kier molecular flexibility index (Phi) is 2.52. The van der Waals surface area contributed by atoms with Gasteiger partial charge in [-0.1, -0.05) is 0 Å². The molecule has 2 rings (SSSR count). The summed E-state index contributed by atoms with van der Waals surface area (Å²) in [5.41, 5.74) is 5.98. The molecule has 1 atom stereocenters. The van der Waals surface area contributed by atoms with E-state index in [1.54, 1.807) is 12.3 Å². The number of rotatable bonds is 1. The van der Waals surface area contributed by atoms with Gasteiger partial charge in [0.25, 0.3) is 0 Å². The highest BCUT2D eigenvalue weighted by Crippen LogP contribution is 2.25. The van der Waals surface area contributed by atoms with Crippen molar-refractivity contribution in [2.24, 2.45) is 0 Å². The minimum absolute atomic E-state index is 0.530. The van der Waals surface area contributed by atoms with Crippen LogP contribution in [-0.2, 0) is 0 Å². The fourth-order valence-electron chi connectivity index (χ4n) is 2.02. The molecule has 0 saturated carbocycles. The van der Waals surface area contributed by atoms with Crippen LogP contribution in [0.25, 0.3) is 0 Å². The molecule has 0 aliphatic carbocycles. The fourth-order valence-corrected chi connectivity index (χ4v) is 2.02. The van der Waals surface area contributed by atoms with Crippen molar-refractivity contribution in [2.75, 3.05) is 23.7 Å². The first kappa shape index (κ1) is 10.2. The number of nitrogens with zero attached hydrogens (tertiary/aromatic N) is 2. The van der Waals surface area contributed by atoms with E-state index in [1.165, 1.54) is 0 Å². The molecule has 82 valence electrons. The molecule has 1 fully saturated rings. The Balaban J connectivity index is 2.13. The van der Waals surface area contributed by atoms with E-state index in [0.717, 1.165) is 25.1 Å². The number of piperidine rings is 1. The molecule has 0 amide bonds. The summed E-state index contributed by atoms with van der Waals surface area (Å²) < 4.78 is 0. The molecule has 4 nitrogen and oxygen atoms in total. The van der Waals surface area contributed by atoms with Gasteiger partial charge in [0.1, 0.15) is 5.82 Å². The number of anilines is 2. The van der Waals surface area contributed by atoms with E-state index in [0.29, 0.717) is 12.4 Å². The second kappa shape index (κ2) is 3.70. The van der Waals surface area contributed by atoms with Crippen molar-refractivity contribution < 1.29 is 5.11 Å². The van der Waals surface area contributed by atoms with Crippen molar-refractivity contribution in [3.63, 3.8) is 0 Å². The summed E-state index contributed by atoms with van der Waals surface area (Å²) in [6.45, 7) is 3.52. The van der Waals surface area contributed by atoms with Gasteiger partial charge in [-0.25, -0.2) is 4.98 Å². The SMILES string of the molecule is CC1(O)CCCN(c2ccc(N)nc2)C1. The van der Waals surface area contributed by atoms with Gasteiger partial charge in [0.2, 0.25) is 0 Å². The van der Waals surface area contributed by atoms with E-state index in [-0.39, 0.29) is 0 Å². The second-order valence-electron chi connectivity index (χ2n) is 4.46. The van der Waals surface area contributed by atoms with Crippen LogP contribution in [0.15, 0.2) is 18.3 Å². The predicted molar refractivity (Wildman–Crippen MR) is 60.7 cm³/mol. The lowest BCUT2D eigenvalue weighted by Crippen LogP contribution is -2.46. The van der Waals surface area contributed by atoms with Crippen LogP contribution < -0.4 is 10.6 Å². The molecule has 3 N–H and O–H groups in total. The third kappa shape index (κ3) is 2.39. The zero-order chi connectivity index (χ0) is 10.9. The zero-order valence-corrected chi connectivity index (χ0v) is 8.98. The van der Waals surface area contributed by atoms with E-state index < -0.39 is 5.60 Å². The van der Waals surface area contributed by atoms with Crippen LogP contribution >= 0.6 is 0 Å². The summed E-state index contributed by atoms with van der Waals surface area (Å²) in [5.74, 6) is 0.530. The number of hydrogen-bond donors (Lipinski definition) is 2. The van der Waals surface area contributed by atoms with Crippen molar-refractivity contribution in [2.45, 2.75) is 25.4 Å². The van der Waals surface area contributed by atoms with Gasteiger partial charge in [-0.15, -0.1) is 0 Å². The van der Waals surface area contributed by atoms with Gasteiger partial charge in [-0.2, -0.15) is 0 Å². The summed E-state index contributed by atoms with van der Waals surface area (Å²) in [5, 5.41) is 9.97. The van der Waals surface area contributed by atoms with Gasteiger partial charge in [0.15, 0.2) is 0 Å². The van der Waals surface area contributed by atoms with Gasteiger partial charge in [-0.05, 0) is 31.9 Å². The monoisotopic (exact) mass is 207 g/mol. The van der Waals surface area contributed by atoms with Crippen LogP contribution in [0.5, 0.6) is 0 Å². The van der Waals surface area contributed by atoms with E-state index in [1.807, 2.05) is 13.0 Å². The van der Waals surface area contributed by atoms with Crippen LogP contribution in [0.1, 0.15) is 19.8 Å². The number of nitrogen functional groups attached to an aromatic ring is 1. The second-order valence-corrected chi connectivity index (χ2v) is 4.46. The quantitative estimate of drug-likeness (QED) is 0.721. The number of aromatic nitrogens is 1. The van der Waals surface area contributed by atoms with Gasteiger partial charge < -0.3 is 15.7 Å². The molecule has 0 bridgehead atoms. The molecule has 0 radical (unpaired) electrons. The third-order valence-corrected chi connectivity index (χ3v) is 2.81. The lowest BCUT2D eigenvalue weighted by molar-refractivity contribution is 0.0449. The maximum Gasteiger partial charge on any atom is 0.123 e. The first-order valence-electron chi connectivity index (χ1n) is 5.26. The predicted octanol–water partition coefficient (Wildman–Crippen LogP) is 1.02. The molecular weight excluding hydrogens is 190 g/mol. The molecule has 15 heavy (non-hydrogen) atoms. The van der Waals surface area contributed by atoms with Gasteiger partial charge in [0, 0.05) is 13.1 Å². The highest BCUT2D eigenvalue weighted by atomic mass is 16.3. The van der Waals surface area contributed by atoms with E-state index in [2.05, 4.69) is 9.88 Å². The Morgan fingerprint density at radius 2 is 2.33 bits per heavy atom. The number of aliphatic hydroxyl groups is 1. The molecule has 1 unspecified atom stereocenters. The first-order valence-corrected chi connectivity index (χ1v) is 5.26. The maximum atomic E-state index is 9.97. The Hall–Kier alpha value is -1.29. The topological polar surface area (TPSA) is 62.4 Å². The third-order valence-electron chi connectivity index (χ3n) is 2.81. The smallest absolute Gasteiger partial charge is 0.123 e. The lowest BCUT2D eigenvalue weighted by Gasteiger charge is -2.38. The lowest BCUT2D eigenvalue weighted by atomic mass is 9.95. The molecule has 1 aromatic heterocycles. The number of pyridine rings is 1. The Morgan fingerprint density at radius 1 is 1.53 bits per heavy atom. The summed E-state index contributed by atoms with van der Waals surface area (Å²) >= 11 is 0.